The number of amides is 1. The topological polar surface area (TPSA) is 96.6 Å². The number of aromatic nitrogens is 2. The number of fused-ring (bicyclic) bond motifs is 1. The molecule has 1 saturated heterocycles. The lowest BCUT2D eigenvalue weighted by molar-refractivity contribution is 0.0946. The summed E-state index contributed by atoms with van der Waals surface area (Å²) in [4.78, 5) is 25.1. The highest BCUT2D eigenvalue weighted by molar-refractivity contribution is 5.97. The number of anilines is 2. The van der Waals surface area contributed by atoms with Crippen LogP contribution in [0, 0.1) is 5.95 Å². The summed E-state index contributed by atoms with van der Waals surface area (Å²) < 4.78 is 20.6. The van der Waals surface area contributed by atoms with Gasteiger partial charge < -0.3 is 25.6 Å². The number of hydrogen-bond donors (Lipinski definition) is 2. The van der Waals surface area contributed by atoms with Crippen LogP contribution in [0.15, 0.2) is 36.5 Å². The summed E-state index contributed by atoms with van der Waals surface area (Å²) in [6.07, 6.45) is 2.54. The Balaban J connectivity index is 1.56. The fourth-order valence-corrected chi connectivity index (χ4v) is 4.70. The normalized spacial score (nSPS) is 15.8. The Morgan fingerprint density at radius 1 is 1.14 bits per heavy atom. The molecule has 2 aliphatic rings. The molecule has 0 aliphatic carbocycles. The van der Waals surface area contributed by atoms with E-state index in [1.807, 2.05) is 38.5 Å². The zero-order valence-corrected chi connectivity index (χ0v) is 20.0. The predicted octanol–water partition coefficient (Wildman–Crippen LogP) is 2.72. The lowest BCUT2D eigenvalue weighted by atomic mass is 9.94. The van der Waals surface area contributed by atoms with Crippen LogP contribution in [0.25, 0.3) is 22.4 Å². The van der Waals surface area contributed by atoms with Crippen LogP contribution >= 0.6 is 0 Å². The Labute approximate surface area is 203 Å². The fraction of sp³-hybridized carbons (Fsp3) is 0.346. The molecule has 5 rings (SSSR count). The lowest BCUT2D eigenvalue weighted by Gasteiger charge is -2.31. The quantitative estimate of drug-likeness (QED) is 0.547. The van der Waals surface area contributed by atoms with Gasteiger partial charge >= 0.3 is 0 Å². The maximum Gasteiger partial charge on any atom is 0.251 e. The van der Waals surface area contributed by atoms with Crippen LogP contribution in [0.2, 0.25) is 0 Å². The van der Waals surface area contributed by atoms with Gasteiger partial charge in [0.1, 0.15) is 5.82 Å². The number of halogens is 1. The van der Waals surface area contributed by atoms with Gasteiger partial charge in [-0.1, -0.05) is 12.1 Å². The van der Waals surface area contributed by atoms with E-state index < -0.39 is 5.95 Å². The van der Waals surface area contributed by atoms with E-state index in [2.05, 4.69) is 25.1 Å². The zero-order chi connectivity index (χ0) is 24.5. The number of morpholine rings is 1. The summed E-state index contributed by atoms with van der Waals surface area (Å²) in [6.45, 7) is 4.20. The number of carbonyl (C=O) groups excluding carboxylic acids is 1. The zero-order valence-electron chi connectivity index (χ0n) is 20.0. The highest BCUT2D eigenvalue weighted by Crippen LogP contribution is 2.34. The van der Waals surface area contributed by atoms with Gasteiger partial charge in [0.05, 0.1) is 36.4 Å². The lowest BCUT2D eigenvalue weighted by Crippen LogP contribution is -2.37. The van der Waals surface area contributed by atoms with E-state index >= 15 is 4.39 Å². The number of pyridine rings is 2. The maximum absolute atomic E-state index is 15.1. The Hall–Kier alpha value is -3.56. The summed E-state index contributed by atoms with van der Waals surface area (Å²) >= 11 is 0. The van der Waals surface area contributed by atoms with Gasteiger partial charge in [0.25, 0.3) is 5.91 Å². The highest BCUT2D eigenvalue weighted by Gasteiger charge is 2.21. The Kier molecular flexibility index (Phi) is 6.36. The third-order valence-corrected chi connectivity index (χ3v) is 6.43. The number of nitrogens with one attached hydrogen (secondary N) is 1. The van der Waals surface area contributed by atoms with Gasteiger partial charge in [-0.15, -0.1) is 0 Å². The minimum absolute atomic E-state index is 0.0818. The largest absolute Gasteiger partial charge is 0.383 e. The number of nitrogen functional groups attached to an aromatic ring is 1. The van der Waals surface area contributed by atoms with Crippen LogP contribution in [-0.2, 0) is 17.7 Å². The first-order valence-electron chi connectivity index (χ1n) is 11.7. The second-order valence-corrected chi connectivity index (χ2v) is 9.17. The van der Waals surface area contributed by atoms with Gasteiger partial charge in [-0.05, 0) is 55.4 Å². The monoisotopic (exact) mass is 476 g/mol. The Morgan fingerprint density at radius 3 is 2.71 bits per heavy atom. The summed E-state index contributed by atoms with van der Waals surface area (Å²) in [6, 6.07) is 9.19. The number of carbonyl (C=O) groups is 1. The molecule has 3 N–H and O–H groups in total. The molecule has 35 heavy (non-hydrogen) atoms. The molecule has 0 bridgehead atoms. The van der Waals surface area contributed by atoms with Crippen molar-refractivity contribution >= 4 is 17.4 Å². The molecule has 0 unspecified atom stereocenters. The van der Waals surface area contributed by atoms with Gasteiger partial charge in [0.15, 0.2) is 0 Å². The van der Waals surface area contributed by atoms with Crippen LogP contribution < -0.4 is 16.0 Å². The van der Waals surface area contributed by atoms with Crippen molar-refractivity contribution in [3.63, 3.8) is 0 Å². The molecule has 0 saturated carbocycles. The van der Waals surface area contributed by atoms with E-state index in [-0.39, 0.29) is 17.3 Å². The fourth-order valence-electron chi connectivity index (χ4n) is 4.70. The van der Waals surface area contributed by atoms with Gasteiger partial charge in [-0.2, -0.15) is 4.39 Å². The number of nitrogens with two attached hydrogens (primary N) is 1. The van der Waals surface area contributed by atoms with E-state index in [1.54, 1.807) is 12.1 Å². The smallest absolute Gasteiger partial charge is 0.251 e. The minimum Gasteiger partial charge on any atom is -0.383 e. The second kappa shape index (κ2) is 9.59. The van der Waals surface area contributed by atoms with Crippen molar-refractivity contribution in [3.05, 3.63) is 59.2 Å². The first kappa shape index (κ1) is 23.2. The van der Waals surface area contributed by atoms with Crippen LogP contribution in [0.5, 0.6) is 0 Å². The predicted molar refractivity (Wildman–Crippen MR) is 134 cm³/mol. The van der Waals surface area contributed by atoms with Crippen LogP contribution in [-0.4, -0.2) is 67.7 Å². The van der Waals surface area contributed by atoms with Gasteiger partial charge in [0.2, 0.25) is 5.95 Å². The molecule has 2 aliphatic heterocycles. The molecule has 0 radical (unpaired) electrons. The van der Waals surface area contributed by atoms with Crippen LogP contribution in [0.3, 0.4) is 0 Å². The van der Waals surface area contributed by atoms with Gasteiger partial charge in [0, 0.05) is 37.3 Å². The molecule has 0 spiro atoms. The van der Waals surface area contributed by atoms with Gasteiger partial charge in [-0.3, -0.25) is 9.78 Å². The van der Waals surface area contributed by atoms with E-state index in [0.717, 1.165) is 41.9 Å². The van der Waals surface area contributed by atoms with Crippen molar-refractivity contribution in [1.82, 2.24) is 20.2 Å². The number of benzene rings is 1. The van der Waals surface area contributed by atoms with E-state index in [9.17, 15) is 4.79 Å². The summed E-state index contributed by atoms with van der Waals surface area (Å²) in [5, 5.41) is 2.85. The number of hydrogen-bond acceptors (Lipinski definition) is 7. The van der Waals surface area contributed by atoms with Crippen molar-refractivity contribution in [3.8, 4) is 22.4 Å². The van der Waals surface area contributed by atoms with Crippen LogP contribution in [0.1, 0.15) is 21.5 Å². The number of ether oxygens (including phenoxy) is 1. The molecule has 8 nitrogen and oxygen atoms in total. The van der Waals surface area contributed by atoms with Crippen molar-refractivity contribution in [2.24, 2.45) is 0 Å². The average Bonchev–Trinajstić information content (AvgIpc) is 2.84. The average molecular weight is 477 g/mol. The highest BCUT2D eigenvalue weighted by atomic mass is 19.1. The molecule has 3 aromatic rings. The molecule has 0 atom stereocenters. The Morgan fingerprint density at radius 2 is 1.94 bits per heavy atom. The van der Waals surface area contributed by atoms with E-state index in [0.29, 0.717) is 43.1 Å². The molecular formula is C26H29FN6O2. The second-order valence-electron chi connectivity index (χ2n) is 9.17. The standard InChI is InChI=1S/C26H29FN6O2/c1-32(2)15-18-12-22(30-14-23(18)33-7-9-35-10-8-33)21-13-20(25(28)31-24(21)27)16-3-4-19-17(11-16)5-6-29-26(19)34/h3-4,11-14H,5-10,15H2,1-2H3,(H2,28,31)(H,29,34). The maximum atomic E-state index is 15.1. The Bertz CT molecular complexity index is 1270. The number of nitrogens with zero attached hydrogens (tertiary/aromatic N) is 4. The molecule has 1 fully saturated rings. The van der Waals surface area contributed by atoms with Crippen molar-refractivity contribution < 1.29 is 13.9 Å². The van der Waals surface area contributed by atoms with Gasteiger partial charge in [-0.25, -0.2) is 4.98 Å². The molecule has 4 heterocycles. The molecular weight excluding hydrogens is 447 g/mol. The summed E-state index contributed by atoms with van der Waals surface area (Å²) in [5.74, 6) is -0.641. The first-order chi connectivity index (χ1) is 16.9. The first-order valence-corrected chi connectivity index (χ1v) is 11.7. The molecule has 9 heteroatoms. The van der Waals surface area contributed by atoms with E-state index in [1.165, 1.54) is 0 Å². The molecule has 182 valence electrons. The SMILES string of the molecule is CN(C)Cc1cc(-c2cc(-c3ccc4c(c3)CCNC4=O)c(N)nc2F)ncc1N1CCOCC1. The van der Waals surface area contributed by atoms with Crippen molar-refractivity contribution in [2.45, 2.75) is 13.0 Å². The van der Waals surface area contributed by atoms with Crippen molar-refractivity contribution in [2.75, 3.05) is 57.6 Å². The molecule has 2 aromatic heterocycles. The summed E-state index contributed by atoms with van der Waals surface area (Å²) in [7, 11) is 4.01. The van der Waals surface area contributed by atoms with Crippen LogP contribution in [0.4, 0.5) is 15.9 Å². The van der Waals surface area contributed by atoms with E-state index in [4.69, 9.17) is 10.5 Å². The number of rotatable bonds is 5. The molecule has 1 amide bonds. The van der Waals surface area contributed by atoms with Crippen molar-refractivity contribution in [1.29, 1.82) is 0 Å². The third kappa shape index (κ3) is 4.69. The summed E-state index contributed by atoms with van der Waals surface area (Å²) in [5.41, 5.74) is 12.0. The minimum atomic E-state index is -0.661. The molecule has 1 aromatic carbocycles. The third-order valence-electron chi connectivity index (χ3n) is 6.43.